The molecule has 134 valence electrons. The van der Waals surface area contributed by atoms with Crippen molar-refractivity contribution in [1.29, 1.82) is 0 Å². The predicted molar refractivity (Wildman–Crippen MR) is 91.0 cm³/mol. The lowest BCUT2D eigenvalue weighted by Gasteiger charge is -2.37. The Morgan fingerprint density at radius 2 is 1.74 bits per heavy atom. The normalized spacial score (nSPS) is 18.0. The minimum absolute atomic E-state index is 0.0105. The largest absolute Gasteiger partial charge is 0.444 e. The van der Waals surface area contributed by atoms with E-state index in [-0.39, 0.29) is 18.0 Å². The van der Waals surface area contributed by atoms with Crippen LogP contribution in [0.1, 0.15) is 54.4 Å². The van der Waals surface area contributed by atoms with Gasteiger partial charge in [-0.3, -0.25) is 4.79 Å². The molecule has 0 unspecified atom stereocenters. The Bertz CT molecular complexity index is 408. The Kier molecular flexibility index (Phi) is 6.86. The van der Waals surface area contributed by atoms with Crippen LogP contribution in [0.15, 0.2) is 0 Å². The van der Waals surface area contributed by atoms with Gasteiger partial charge in [-0.15, -0.1) is 0 Å². The molecule has 1 atom stereocenters. The quantitative estimate of drug-likeness (QED) is 0.859. The van der Waals surface area contributed by atoms with Crippen LogP contribution in [0.4, 0.5) is 4.79 Å². The molecule has 1 heterocycles. The Labute approximate surface area is 140 Å². The van der Waals surface area contributed by atoms with Crippen LogP contribution in [0.25, 0.3) is 0 Å². The molecule has 1 saturated heterocycles. The van der Waals surface area contributed by atoms with Crippen molar-refractivity contribution in [3.8, 4) is 0 Å². The zero-order valence-corrected chi connectivity index (χ0v) is 15.5. The monoisotopic (exact) mass is 327 g/mol. The van der Waals surface area contributed by atoms with Crippen LogP contribution in [0.3, 0.4) is 0 Å². The van der Waals surface area contributed by atoms with Gasteiger partial charge in [-0.1, -0.05) is 0 Å². The number of ether oxygens (including phenoxy) is 1. The van der Waals surface area contributed by atoms with E-state index in [1.54, 1.807) is 11.8 Å². The van der Waals surface area contributed by atoms with Crippen molar-refractivity contribution in [1.82, 2.24) is 9.80 Å². The van der Waals surface area contributed by atoms with Crippen molar-refractivity contribution < 1.29 is 14.3 Å². The number of hydrogen-bond acceptors (Lipinski definition) is 4. The van der Waals surface area contributed by atoms with Gasteiger partial charge in [-0.2, -0.15) is 0 Å². The predicted octanol–water partition coefficient (Wildman–Crippen LogP) is 2.22. The smallest absolute Gasteiger partial charge is 0.410 e. The van der Waals surface area contributed by atoms with Gasteiger partial charge in [0.1, 0.15) is 5.60 Å². The highest BCUT2D eigenvalue weighted by Gasteiger charge is 2.30. The molecule has 0 bridgehead atoms. The van der Waals surface area contributed by atoms with Gasteiger partial charge in [-0.05, 0) is 60.3 Å². The summed E-state index contributed by atoms with van der Waals surface area (Å²) in [4.78, 5) is 27.9. The maximum absolute atomic E-state index is 12.4. The van der Waals surface area contributed by atoms with Gasteiger partial charge in [0.05, 0.1) is 6.04 Å². The zero-order valence-electron chi connectivity index (χ0n) is 15.5. The number of hydrogen-bond donors (Lipinski definition) is 1. The van der Waals surface area contributed by atoms with Crippen molar-refractivity contribution in [2.24, 2.45) is 11.7 Å². The first kappa shape index (κ1) is 19.7. The Hall–Kier alpha value is -1.30. The van der Waals surface area contributed by atoms with Gasteiger partial charge in [0.15, 0.2) is 0 Å². The maximum Gasteiger partial charge on any atom is 0.410 e. The second kappa shape index (κ2) is 7.99. The maximum atomic E-state index is 12.4. The summed E-state index contributed by atoms with van der Waals surface area (Å²) in [5.74, 6) is 0.401. The summed E-state index contributed by atoms with van der Waals surface area (Å²) >= 11 is 0. The summed E-state index contributed by atoms with van der Waals surface area (Å²) in [6, 6.07) is -0.353. The second-order valence-corrected chi connectivity index (χ2v) is 7.78. The molecule has 0 aromatic carbocycles. The van der Waals surface area contributed by atoms with Crippen molar-refractivity contribution >= 4 is 12.0 Å². The van der Waals surface area contributed by atoms with E-state index < -0.39 is 11.6 Å². The first-order valence-electron chi connectivity index (χ1n) is 8.55. The minimum Gasteiger partial charge on any atom is -0.444 e. The molecule has 23 heavy (non-hydrogen) atoms. The molecule has 0 radical (unpaired) electrons. The summed E-state index contributed by atoms with van der Waals surface area (Å²) in [7, 11) is 0. The van der Waals surface area contributed by atoms with E-state index in [9.17, 15) is 9.59 Å². The highest BCUT2D eigenvalue weighted by molar-refractivity contribution is 5.81. The van der Waals surface area contributed by atoms with E-state index in [4.69, 9.17) is 10.5 Å². The first-order chi connectivity index (χ1) is 10.5. The fraction of sp³-hybridized carbons (Fsp3) is 0.882. The fourth-order valence-electron chi connectivity index (χ4n) is 2.72. The van der Waals surface area contributed by atoms with Gasteiger partial charge in [0, 0.05) is 25.7 Å². The molecular formula is C17H33N3O3. The van der Waals surface area contributed by atoms with Crippen molar-refractivity contribution in [3.05, 3.63) is 0 Å². The Morgan fingerprint density at radius 1 is 1.22 bits per heavy atom. The molecule has 2 N–H and O–H groups in total. The number of nitrogens with two attached hydrogens (primary N) is 1. The van der Waals surface area contributed by atoms with Crippen molar-refractivity contribution in [2.75, 3.05) is 19.6 Å². The Balaban J connectivity index is 2.57. The number of piperidine rings is 1. The first-order valence-corrected chi connectivity index (χ1v) is 8.55. The topological polar surface area (TPSA) is 75.9 Å². The zero-order chi connectivity index (χ0) is 17.8. The fourth-order valence-corrected chi connectivity index (χ4v) is 2.72. The number of rotatable bonds is 4. The second-order valence-electron chi connectivity index (χ2n) is 7.78. The number of amides is 2. The lowest BCUT2D eigenvalue weighted by molar-refractivity contribution is -0.133. The molecule has 6 nitrogen and oxygen atoms in total. The standard InChI is InChI=1S/C17H33N3O3/c1-12(2)20(16(22)23-17(4,5)6)11-14-7-9-19(10-8-14)15(21)13(3)18/h12-14H,7-11,18H2,1-6H3/t13-/m0/s1. The van der Waals surface area contributed by atoms with Crippen LogP contribution in [-0.2, 0) is 9.53 Å². The SMILES string of the molecule is CC(C)N(CC1CCN(C(=O)[C@H](C)N)CC1)C(=O)OC(C)(C)C. The van der Waals surface area contributed by atoms with E-state index >= 15 is 0 Å². The molecule has 1 aliphatic rings. The Morgan fingerprint density at radius 3 is 2.13 bits per heavy atom. The number of likely N-dealkylation sites (tertiary alicyclic amines) is 1. The third-order valence-corrected chi connectivity index (χ3v) is 4.02. The summed E-state index contributed by atoms with van der Waals surface area (Å²) in [5.41, 5.74) is 5.17. The molecule has 0 aliphatic carbocycles. The molecule has 0 spiro atoms. The van der Waals surface area contributed by atoms with Crippen molar-refractivity contribution in [2.45, 2.75) is 72.1 Å². The lowest BCUT2D eigenvalue weighted by Crippen LogP contribution is -2.49. The molecule has 6 heteroatoms. The average molecular weight is 327 g/mol. The van der Waals surface area contributed by atoms with Gasteiger partial charge in [0.2, 0.25) is 5.91 Å². The van der Waals surface area contributed by atoms with Gasteiger partial charge in [0.25, 0.3) is 0 Å². The summed E-state index contributed by atoms with van der Waals surface area (Å²) in [6.07, 6.45) is 1.52. The third-order valence-electron chi connectivity index (χ3n) is 4.02. The molecule has 1 aliphatic heterocycles. The van der Waals surface area contributed by atoms with Gasteiger partial charge < -0.3 is 20.3 Å². The lowest BCUT2D eigenvalue weighted by atomic mass is 9.95. The molecule has 2 amide bonds. The van der Waals surface area contributed by atoms with Crippen LogP contribution in [-0.4, -0.2) is 59.1 Å². The summed E-state index contributed by atoms with van der Waals surface area (Å²) in [5, 5.41) is 0. The number of nitrogens with zero attached hydrogens (tertiary/aromatic N) is 2. The summed E-state index contributed by atoms with van der Waals surface area (Å²) < 4.78 is 5.50. The summed E-state index contributed by atoms with van der Waals surface area (Å²) in [6.45, 7) is 13.4. The van der Waals surface area contributed by atoms with Crippen LogP contribution in [0.2, 0.25) is 0 Å². The number of carbonyl (C=O) groups excluding carboxylic acids is 2. The molecular weight excluding hydrogens is 294 g/mol. The molecule has 1 fully saturated rings. The van der Waals surface area contributed by atoms with E-state index in [0.717, 1.165) is 12.8 Å². The van der Waals surface area contributed by atoms with Crippen LogP contribution in [0, 0.1) is 5.92 Å². The van der Waals surface area contributed by atoms with Crippen LogP contribution in [0.5, 0.6) is 0 Å². The third kappa shape index (κ3) is 6.37. The minimum atomic E-state index is -0.489. The molecule has 1 rings (SSSR count). The molecule has 0 aromatic rings. The van der Waals surface area contributed by atoms with Crippen LogP contribution >= 0.6 is 0 Å². The van der Waals surface area contributed by atoms with E-state index in [0.29, 0.717) is 25.6 Å². The highest BCUT2D eigenvalue weighted by atomic mass is 16.6. The van der Waals surface area contributed by atoms with Crippen LogP contribution < -0.4 is 5.73 Å². The van der Waals surface area contributed by atoms with E-state index in [2.05, 4.69) is 0 Å². The van der Waals surface area contributed by atoms with Gasteiger partial charge >= 0.3 is 6.09 Å². The van der Waals surface area contributed by atoms with E-state index in [1.807, 2.05) is 39.5 Å². The molecule has 0 aromatic heterocycles. The highest BCUT2D eigenvalue weighted by Crippen LogP contribution is 2.21. The van der Waals surface area contributed by atoms with E-state index in [1.165, 1.54) is 0 Å². The average Bonchev–Trinajstić information content (AvgIpc) is 2.42. The number of carbonyl (C=O) groups is 2. The van der Waals surface area contributed by atoms with Crippen molar-refractivity contribution in [3.63, 3.8) is 0 Å². The molecule has 0 saturated carbocycles. The van der Waals surface area contributed by atoms with Gasteiger partial charge in [-0.25, -0.2) is 4.79 Å².